The van der Waals surface area contributed by atoms with E-state index in [4.69, 9.17) is 0 Å². The van der Waals surface area contributed by atoms with E-state index >= 15 is 0 Å². The fourth-order valence-electron chi connectivity index (χ4n) is 2.02. The van der Waals surface area contributed by atoms with Crippen molar-refractivity contribution in [2.75, 3.05) is 0 Å². The molecule has 1 nitrogen and oxygen atoms in total. The Morgan fingerprint density at radius 3 is 2.16 bits per heavy atom. The van der Waals surface area contributed by atoms with E-state index in [-0.39, 0.29) is 5.78 Å². The molecule has 0 heterocycles. The summed E-state index contributed by atoms with van der Waals surface area (Å²) in [5.74, 6) is 0.808. The van der Waals surface area contributed by atoms with Crippen LogP contribution in [0.3, 0.4) is 0 Å². The van der Waals surface area contributed by atoms with Gasteiger partial charge in [-0.3, -0.25) is 0 Å². The van der Waals surface area contributed by atoms with Crippen molar-refractivity contribution in [1.82, 2.24) is 0 Å². The number of benzene rings is 2. The van der Waals surface area contributed by atoms with Crippen LogP contribution in [0.4, 0.5) is 0 Å². The Labute approximate surface area is 127 Å². The van der Waals surface area contributed by atoms with Crippen LogP contribution in [-0.4, -0.2) is 28.1 Å². The maximum atomic E-state index is 12.2. The van der Waals surface area contributed by atoms with E-state index in [1.165, 1.54) is 10.0 Å². The predicted molar refractivity (Wildman–Crippen MR) is 81.1 cm³/mol. The van der Waals surface area contributed by atoms with E-state index in [9.17, 15) is 4.79 Å². The monoisotopic (exact) mass is 368 g/mol. The minimum atomic E-state index is 0.0957. The van der Waals surface area contributed by atoms with Crippen LogP contribution in [0.2, 0.25) is 4.47 Å². The molecule has 0 aliphatic heterocycles. The van der Waals surface area contributed by atoms with Gasteiger partial charge in [0.25, 0.3) is 0 Å². The molecule has 0 fully saturated rings. The van der Waals surface area contributed by atoms with Crippen LogP contribution < -0.4 is 0 Å². The van der Waals surface area contributed by atoms with Gasteiger partial charge in [-0.2, -0.15) is 0 Å². The standard InChI is InChI=1S/C17H18OTe/c1-13(12-19)11-14-7-9-16(10-8-14)17(18)15-5-3-2-4-6-15/h2-10,13,19H,11-12H2,1H3. The van der Waals surface area contributed by atoms with Crippen molar-refractivity contribution in [2.24, 2.45) is 5.92 Å². The van der Waals surface area contributed by atoms with Gasteiger partial charge in [0.1, 0.15) is 0 Å². The second-order valence-electron chi connectivity index (χ2n) is 4.88. The van der Waals surface area contributed by atoms with E-state index in [2.05, 4.69) is 19.1 Å². The molecule has 0 spiro atoms. The summed E-state index contributed by atoms with van der Waals surface area (Å²) in [5.41, 5.74) is 2.83. The molecular weight excluding hydrogens is 348 g/mol. The van der Waals surface area contributed by atoms with Crippen LogP contribution in [0.5, 0.6) is 0 Å². The Morgan fingerprint density at radius 1 is 1.00 bits per heavy atom. The number of carbonyl (C=O) groups is 1. The molecule has 1 atom stereocenters. The Kier molecular flexibility index (Phi) is 5.19. The average Bonchev–Trinajstić information content (AvgIpc) is 2.48. The molecule has 0 saturated heterocycles. The first kappa shape index (κ1) is 14.3. The van der Waals surface area contributed by atoms with Gasteiger partial charge in [0.2, 0.25) is 0 Å². The molecule has 0 bridgehead atoms. The van der Waals surface area contributed by atoms with E-state index in [1.807, 2.05) is 64.8 Å². The van der Waals surface area contributed by atoms with Crippen LogP contribution >= 0.6 is 0 Å². The summed E-state index contributed by atoms with van der Waals surface area (Å²) in [4.78, 5) is 12.2. The fraction of sp³-hybridized carbons (Fsp3) is 0.235. The molecular formula is C17H18OTe. The Hall–Kier alpha value is -1.10. The van der Waals surface area contributed by atoms with Gasteiger partial charge in [0.05, 0.1) is 0 Å². The summed E-state index contributed by atoms with van der Waals surface area (Å²) in [7, 11) is 0. The molecule has 0 amide bonds. The third kappa shape index (κ3) is 3.93. The molecule has 0 radical (unpaired) electrons. The number of hydrogen-bond donors (Lipinski definition) is 0. The quantitative estimate of drug-likeness (QED) is 0.586. The Bertz CT molecular complexity index is 531. The molecule has 0 N–H and O–H groups in total. The van der Waals surface area contributed by atoms with Crippen LogP contribution in [0.1, 0.15) is 28.4 Å². The van der Waals surface area contributed by atoms with Gasteiger partial charge in [0, 0.05) is 0 Å². The second kappa shape index (κ2) is 6.89. The van der Waals surface area contributed by atoms with E-state index in [1.54, 1.807) is 0 Å². The van der Waals surface area contributed by atoms with Gasteiger partial charge >= 0.3 is 128 Å². The topological polar surface area (TPSA) is 17.1 Å². The van der Waals surface area contributed by atoms with Crippen molar-refractivity contribution < 1.29 is 4.79 Å². The van der Waals surface area contributed by atoms with E-state index < -0.39 is 0 Å². The Morgan fingerprint density at radius 2 is 1.58 bits per heavy atom. The van der Waals surface area contributed by atoms with Gasteiger partial charge in [0.15, 0.2) is 0 Å². The van der Waals surface area contributed by atoms with Gasteiger partial charge < -0.3 is 0 Å². The summed E-state index contributed by atoms with van der Waals surface area (Å²) in [5, 5.41) is 0. The third-order valence-corrected chi connectivity index (χ3v) is 4.93. The van der Waals surface area contributed by atoms with Crippen LogP contribution in [0, 0.1) is 5.92 Å². The van der Waals surface area contributed by atoms with Crippen molar-refractivity contribution in [3.63, 3.8) is 0 Å². The van der Waals surface area contributed by atoms with E-state index in [0.29, 0.717) is 5.92 Å². The van der Waals surface area contributed by atoms with Gasteiger partial charge in [-0.25, -0.2) is 0 Å². The van der Waals surface area contributed by atoms with Crippen molar-refractivity contribution in [3.05, 3.63) is 71.3 Å². The first-order chi connectivity index (χ1) is 9.20. The van der Waals surface area contributed by atoms with Crippen molar-refractivity contribution in [1.29, 1.82) is 0 Å². The number of ketones is 1. The zero-order chi connectivity index (χ0) is 13.7. The first-order valence-electron chi connectivity index (χ1n) is 6.50. The summed E-state index contributed by atoms with van der Waals surface area (Å²) in [6.07, 6.45) is 1.09. The zero-order valence-electron chi connectivity index (χ0n) is 11.0. The summed E-state index contributed by atoms with van der Waals surface area (Å²) in [6.45, 7) is 2.27. The summed E-state index contributed by atoms with van der Waals surface area (Å²) >= 11 is 1.86. The molecule has 2 heteroatoms. The van der Waals surface area contributed by atoms with Crippen LogP contribution in [0.15, 0.2) is 54.6 Å². The summed E-state index contributed by atoms with van der Waals surface area (Å²) in [6, 6.07) is 17.5. The van der Waals surface area contributed by atoms with Crippen molar-refractivity contribution in [2.45, 2.75) is 17.8 Å². The predicted octanol–water partition coefficient (Wildman–Crippen LogP) is 3.42. The van der Waals surface area contributed by atoms with Gasteiger partial charge in [-0.1, -0.05) is 0 Å². The SMILES string of the molecule is CC(C[TeH])Cc1ccc(C(=O)c2ccccc2)cc1. The van der Waals surface area contributed by atoms with Crippen molar-refractivity contribution >= 4 is 28.1 Å². The molecule has 0 aliphatic rings. The zero-order valence-corrected chi connectivity index (χ0v) is 13.6. The molecule has 0 saturated carbocycles. The second-order valence-corrected chi connectivity index (χ2v) is 5.93. The normalized spacial score (nSPS) is 12.1. The molecule has 98 valence electrons. The third-order valence-electron chi connectivity index (χ3n) is 3.15. The van der Waals surface area contributed by atoms with Crippen molar-refractivity contribution in [3.8, 4) is 0 Å². The molecule has 2 aromatic rings. The molecule has 2 aromatic carbocycles. The molecule has 0 aromatic heterocycles. The van der Waals surface area contributed by atoms with Crippen LogP contribution in [-0.2, 0) is 6.42 Å². The Balaban J connectivity index is 2.12. The van der Waals surface area contributed by atoms with E-state index in [0.717, 1.165) is 17.5 Å². The number of rotatable bonds is 5. The van der Waals surface area contributed by atoms with Gasteiger partial charge in [-0.15, -0.1) is 0 Å². The van der Waals surface area contributed by atoms with Crippen LogP contribution in [0.25, 0.3) is 0 Å². The minimum absolute atomic E-state index is 0.0957. The number of hydrogen-bond acceptors (Lipinski definition) is 1. The first-order valence-corrected chi connectivity index (χ1v) is 8.30. The molecule has 2 rings (SSSR count). The van der Waals surface area contributed by atoms with Gasteiger partial charge in [-0.05, 0) is 0 Å². The average molecular weight is 366 g/mol. The molecule has 19 heavy (non-hydrogen) atoms. The maximum absolute atomic E-state index is 12.2. The molecule has 0 aliphatic carbocycles. The number of carbonyl (C=O) groups excluding carboxylic acids is 1. The fourth-order valence-corrected chi connectivity index (χ4v) is 2.38. The summed E-state index contributed by atoms with van der Waals surface area (Å²) < 4.78 is 1.24. The molecule has 1 unspecified atom stereocenters.